The van der Waals surface area contributed by atoms with Gasteiger partial charge in [-0.05, 0) is 55.2 Å². The molecule has 0 bridgehead atoms. The second-order valence-corrected chi connectivity index (χ2v) is 7.43. The van der Waals surface area contributed by atoms with Gasteiger partial charge >= 0.3 is 12.1 Å². The SMILES string of the molecule is Cc1cc(-c2cnc3ccn(CC(=O)N4CCCC4)c3c2)ccc1F.O=C(O)C(F)(F)F. The molecule has 170 valence electrons. The molecule has 0 unspecified atom stereocenters. The lowest BCUT2D eigenvalue weighted by Gasteiger charge is -2.16. The van der Waals surface area contributed by atoms with E-state index in [2.05, 4.69) is 4.98 Å². The molecule has 0 atom stereocenters. The van der Waals surface area contributed by atoms with Crippen LogP contribution in [0.15, 0.2) is 42.7 Å². The maximum Gasteiger partial charge on any atom is 0.490 e. The fourth-order valence-corrected chi connectivity index (χ4v) is 3.40. The summed E-state index contributed by atoms with van der Waals surface area (Å²) in [5, 5.41) is 7.12. The van der Waals surface area contributed by atoms with E-state index >= 15 is 0 Å². The first-order valence-electron chi connectivity index (χ1n) is 9.85. The molecule has 1 aliphatic rings. The number of alkyl halides is 3. The maximum absolute atomic E-state index is 13.5. The maximum atomic E-state index is 13.5. The van der Waals surface area contributed by atoms with Crippen LogP contribution in [0.4, 0.5) is 17.6 Å². The van der Waals surface area contributed by atoms with Crippen LogP contribution in [0.2, 0.25) is 0 Å². The van der Waals surface area contributed by atoms with Gasteiger partial charge < -0.3 is 14.6 Å². The number of carbonyl (C=O) groups is 2. The summed E-state index contributed by atoms with van der Waals surface area (Å²) < 4.78 is 47.2. The zero-order valence-corrected chi connectivity index (χ0v) is 17.2. The Hall–Kier alpha value is -3.43. The van der Waals surface area contributed by atoms with Crippen LogP contribution < -0.4 is 0 Å². The first-order valence-corrected chi connectivity index (χ1v) is 9.85. The molecule has 3 heterocycles. The lowest BCUT2D eigenvalue weighted by molar-refractivity contribution is -0.192. The molecule has 0 saturated carbocycles. The number of nitrogens with zero attached hydrogens (tertiary/aromatic N) is 3. The molecular weight excluding hydrogens is 430 g/mol. The highest BCUT2D eigenvalue weighted by Gasteiger charge is 2.38. The van der Waals surface area contributed by atoms with Crippen LogP contribution in [0.5, 0.6) is 0 Å². The Balaban J connectivity index is 0.000000360. The first kappa shape index (κ1) is 23.2. The van der Waals surface area contributed by atoms with E-state index in [9.17, 15) is 22.4 Å². The molecule has 2 aromatic heterocycles. The van der Waals surface area contributed by atoms with Crippen molar-refractivity contribution in [1.82, 2.24) is 14.5 Å². The van der Waals surface area contributed by atoms with Gasteiger partial charge in [0.1, 0.15) is 12.4 Å². The zero-order chi connectivity index (χ0) is 23.5. The summed E-state index contributed by atoms with van der Waals surface area (Å²) in [5.74, 6) is -2.82. The number of carboxylic acid groups (broad SMARTS) is 1. The number of hydrogen-bond donors (Lipinski definition) is 1. The lowest BCUT2D eigenvalue weighted by atomic mass is 10.0. The molecule has 4 rings (SSSR count). The Labute approximate surface area is 181 Å². The summed E-state index contributed by atoms with van der Waals surface area (Å²) in [7, 11) is 0. The number of amides is 1. The van der Waals surface area contributed by atoms with E-state index in [-0.39, 0.29) is 11.7 Å². The number of pyridine rings is 1. The molecule has 1 fully saturated rings. The van der Waals surface area contributed by atoms with Gasteiger partial charge in [0, 0.05) is 31.0 Å². The van der Waals surface area contributed by atoms with Crippen molar-refractivity contribution in [2.24, 2.45) is 0 Å². The van der Waals surface area contributed by atoms with Crippen molar-refractivity contribution in [3.05, 3.63) is 54.1 Å². The Bertz CT molecular complexity index is 1140. The van der Waals surface area contributed by atoms with E-state index in [1.807, 2.05) is 33.9 Å². The van der Waals surface area contributed by atoms with Gasteiger partial charge in [-0.25, -0.2) is 9.18 Å². The second kappa shape index (κ2) is 9.37. The third kappa shape index (κ3) is 5.43. The van der Waals surface area contributed by atoms with Crippen LogP contribution in [0, 0.1) is 12.7 Å². The van der Waals surface area contributed by atoms with Gasteiger partial charge in [0.15, 0.2) is 0 Å². The van der Waals surface area contributed by atoms with Crippen molar-refractivity contribution >= 4 is 22.9 Å². The van der Waals surface area contributed by atoms with Crippen LogP contribution in [0.1, 0.15) is 18.4 Å². The average Bonchev–Trinajstić information content (AvgIpc) is 3.40. The molecule has 1 aliphatic heterocycles. The van der Waals surface area contributed by atoms with Crippen molar-refractivity contribution in [2.75, 3.05) is 13.1 Å². The fourth-order valence-electron chi connectivity index (χ4n) is 3.40. The molecule has 10 heteroatoms. The Morgan fingerprint density at radius 1 is 1.09 bits per heavy atom. The minimum Gasteiger partial charge on any atom is -0.475 e. The van der Waals surface area contributed by atoms with Crippen molar-refractivity contribution in [1.29, 1.82) is 0 Å². The van der Waals surface area contributed by atoms with E-state index in [1.165, 1.54) is 6.07 Å². The third-order valence-corrected chi connectivity index (χ3v) is 5.12. The number of carboxylic acids is 1. The Morgan fingerprint density at radius 2 is 1.75 bits per heavy atom. The molecule has 1 N–H and O–H groups in total. The molecule has 1 amide bonds. The lowest BCUT2D eigenvalue weighted by Crippen LogP contribution is -2.30. The van der Waals surface area contributed by atoms with E-state index in [1.54, 1.807) is 19.2 Å². The van der Waals surface area contributed by atoms with E-state index in [4.69, 9.17) is 9.90 Å². The van der Waals surface area contributed by atoms with Gasteiger partial charge in [-0.15, -0.1) is 0 Å². The second-order valence-electron chi connectivity index (χ2n) is 7.43. The molecular formula is C22H21F4N3O3. The number of likely N-dealkylation sites (tertiary alicyclic amines) is 1. The predicted octanol–water partition coefficient (Wildman–Crippen LogP) is 4.41. The van der Waals surface area contributed by atoms with E-state index in [0.29, 0.717) is 12.1 Å². The van der Waals surface area contributed by atoms with Gasteiger partial charge in [-0.2, -0.15) is 13.2 Å². The number of aliphatic carboxylic acids is 1. The summed E-state index contributed by atoms with van der Waals surface area (Å²) >= 11 is 0. The molecule has 32 heavy (non-hydrogen) atoms. The number of carbonyl (C=O) groups excluding carboxylic acids is 1. The monoisotopic (exact) mass is 451 g/mol. The molecule has 0 aliphatic carbocycles. The van der Waals surface area contributed by atoms with E-state index < -0.39 is 12.1 Å². The Kier molecular flexibility index (Phi) is 6.81. The van der Waals surface area contributed by atoms with Crippen molar-refractivity contribution < 1.29 is 32.3 Å². The first-order chi connectivity index (χ1) is 15.1. The topological polar surface area (TPSA) is 75.4 Å². The zero-order valence-electron chi connectivity index (χ0n) is 17.2. The van der Waals surface area contributed by atoms with E-state index in [0.717, 1.165) is 48.1 Å². The van der Waals surface area contributed by atoms with Crippen molar-refractivity contribution in [3.8, 4) is 11.1 Å². The number of benzene rings is 1. The average molecular weight is 451 g/mol. The summed E-state index contributed by atoms with van der Waals surface area (Å²) in [6.45, 7) is 3.80. The summed E-state index contributed by atoms with van der Waals surface area (Å²) in [6.07, 6.45) is 0.800. The Morgan fingerprint density at radius 3 is 2.34 bits per heavy atom. The van der Waals surface area contributed by atoms with Crippen LogP contribution in [0.25, 0.3) is 22.2 Å². The largest absolute Gasteiger partial charge is 0.490 e. The minimum atomic E-state index is -5.08. The molecule has 0 radical (unpaired) electrons. The predicted molar refractivity (Wildman–Crippen MR) is 109 cm³/mol. The van der Waals surface area contributed by atoms with Crippen LogP contribution in [0.3, 0.4) is 0 Å². The van der Waals surface area contributed by atoms with Gasteiger partial charge in [0.25, 0.3) is 0 Å². The minimum absolute atomic E-state index is 0.151. The number of hydrogen-bond acceptors (Lipinski definition) is 3. The summed E-state index contributed by atoms with van der Waals surface area (Å²) in [6, 6.07) is 9.00. The highest BCUT2D eigenvalue weighted by atomic mass is 19.4. The number of aryl methyl sites for hydroxylation is 1. The van der Waals surface area contributed by atoms with Gasteiger partial charge in [-0.1, -0.05) is 6.07 Å². The van der Waals surface area contributed by atoms with Crippen molar-refractivity contribution in [2.45, 2.75) is 32.5 Å². The summed E-state index contributed by atoms with van der Waals surface area (Å²) in [5.41, 5.74) is 4.23. The molecule has 1 saturated heterocycles. The third-order valence-electron chi connectivity index (χ3n) is 5.12. The quantitative estimate of drug-likeness (QED) is 0.599. The number of fused-ring (bicyclic) bond motifs is 1. The van der Waals surface area contributed by atoms with Crippen LogP contribution in [-0.4, -0.2) is 50.7 Å². The van der Waals surface area contributed by atoms with Crippen molar-refractivity contribution in [3.63, 3.8) is 0 Å². The normalized spacial score (nSPS) is 13.7. The van der Waals surface area contributed by atoms with Crippen LogP contribution in [-0.2, 0) is 16.1 Å². The number of aromatic nitrogens is 2. The number of halogens is 4. The number of rotatable bonds is 3. The van der Waals surface area contributed by atoms with Gasteiger partial charge in [0.2, 0.25) is 5.91 Å². The molecule has 3 aromatic rings. The smallest absolute Gasteiger partial charge is 0.475 e. The molecule has 1 aromatic carbocycles. The molecule has 6 nitrogen and oxygen atoms in total. The van der Waals surface area contributed by atoms with Crippen LogP contribution >= 0.6 is 0 Å². The summed E-state index contributed by atoms with van der Waals surface area (Å²) in [4.78, 5) is 27.8. The standard InChI is InChI=1S/C20H20FN3O.C2HF3O2/c1-14-10-15(4-5-17(14)21)16-11-19-18(22-12-16)6-9-24(19)13-20(25)23-7-2-3-8-23;3-2(4,5)1(6)7/h4-6,9-12H,2-3,7-8,13H2,1H3;(H,6,7). The molecule has 0 spiro atoms. The van der Waals surface area contributed by atoms with Gasteiger partial charge in [0.05, 0.1) is 11.0 Å². The fraction of sp³-hybridized carbons (Fsp3) is 0.318. The van der Waals surface area contributed by atoms with Gasteiger partial charge in [-0.3, -0.25) is 9.78 Å². The highest BCUT2D eigenvalue weighted by Crippen LogP contribution is 2.25. The highest BCUT2D eigenvalue weighted by molar-refractivity contribution is 5.84.